The van der Waals surface area contributed by atoms with Crippen molar-refractivity contribution in [1.82, 2.24) is 24.1 Å². The van der Waals surface area contributed by atoms with Crippen LogP contribution in [0.25, 0.3) is 120 Å². The quantitative estimate of drug-likeness (QED) is 0.167. The molecular formula is C73H67N5S. The minimum Gasteiger partial charge on any atom is -0.309 e. The van der Waals surface area contributed by atoms with Gasteiger partial charge in [0.1, 0.15) is 0 Å². The highest BCUT2D eigenvalue weighted by molar-refractivity contribution is 7.26. The fraction of sp³-hybridized carbons (Fsp3) is 0.219. The van der Waals surface area contributed by atoms with Crippen LogP contribution in [-0.2, 0) is 21.7 Å². The third-order valence-electron chi connectivity index (χ3n) is 16.2. The van der Waals surface area contributed by atoms with Crippen molar-refractivity contribution in [2.45, 2.75) is 105 Å². The lowest BCUT2D eigenvalue weighted by atomic mass is 9.79. The lowest BCUT2D eigenvalue weighted by molar-refractivity contribution is 0.568. The molecule has 0 bridgehead atoms. The molecule has 0 saturated carbocycles. The SMILES string of the molecule is CC(C)(C)c1cc(-c2nc(-c3cc(C(C)(C)C)cc(C(C)(C)C)c3)nc(-c3cc(-c4ccccc4-n4c5ccccc5c5ccccc54)ccc3-n3c4ccccc4c4c5sc6ccccc6c5ccc43)n2)cc(C(C)(C)C)c1. The summed E-state index contributed by atoms with van der Waals surface area (Å²) in [6.45, 7) is 27.5. The van der Waals surface area contributed by atoms with E-state index < -0.39 is 0 Å². The van der Waals surface area contributed by atoms with Gasteiger partial charge in [-0.15, -0.1) is 11.3 Å². The summed E-state index contributed by atoms with van der Waals surface area (Å²) in [6, 6.07) is 69.7. The molecule has 0 spiro atoms. The van der Waals surface area contributed by atoms with Crippen molar-refractivity contribution in [3.8, 4) is 56.7 Å². The van der Waals surface area contributed by atoms with Crippen LogP contribution in [0.5, 0.6) is 0 Å². The number of para-hydroxylation sites is 4. The molecule has 0 amide bonds. The van der Waals surface area contributed by atoms with Gasteiger partial charge in [0.25, 0.3) is 0 Å². The second-order valence-electron chi connectivity index (χ2n) is 25.8. The Kier molecular flexibility index (Phi) is 11.6. The summed E-state index contributed by atoms with van der Waals surface area (Å²) in [6.07, 6.45) is 0. The van der Waals surface area contributed by atoms with E-state index >= 15 is 0 Å². The number of fused-ring (bicyclic) bond motifs is 10. The van der Waals surface area contributed by atoms with Crippen LogP contribution < -0.4 is 0 Å². The second kappa shape index (κ2) is 18.2. The molecule has 6 heteroatoms. The Bertz CT molecular complexity index is 4380. The van der Waals surface area contributed by atoms with E-state index in [1.807, 2.05) is 11.3 Å². The second-order valence-corrected chi connectivity index (χ2v) is 26.9. The highest BCUT2D eigenvalue weighted by Crippen LogP contribution is 2.46. The first-order valence-corrected chi connectivity index (χ1v) is 28.7. The van der Waals surface area contributed by atoms with Crippen molar-refractivity contribution in [1.29, 1.82) is 0 Å². The highest BCUT2D eigenvalue weighted by Gasteiger charge is 2.28. The first-order valence-electron chi connectivity index (χ1n) is 27.8. The average Bonchev–Trinajstić information content (AvgIpc) is 4.15. The molecule has 9 aromatic carbocycles. The van der Waals surface area contributed by atoms with Gasteiger partial charge in [-0.25, -0.2) is 15.0 Å². The molecule has 4 aromatic heterocycles. The maximum absolute atomic E-state index is 5.75. The number of hydrogen-bond acceptors (Lipinski definition) is 4. The normalized spacial score (nSPS) is 12.8. The van der Waals surface area contributed by atoms with Gasteiger partial charge in [-0.1, -0.05) is 198 Å². The number of hydrogen-bond donors (Lipinski definition) is 0. The lowest BCUT2D eigenvalue weighted by Crippen LogP contribution is -2.17. The Labute approximate surface area is 468 Å². The van der Waals surface area contributed by atoms with E-state index in [-0.39, 0.29) is 21.7 Å². The van der Waals surface area contributed by atoms with Crippen molar-refractivity contribution in [2.24, 2.45) is 0 Å². The third kappa shape index (κ3) is 8.63. The van der Waals surface area contributed by atoms with Crippen LogP contribution in [0.3, 0.4) is 0 Å². The Morgan fingerprint density at radius 2 is 0.747 bits per heavy atom. The summed E-state index contributed by atoms with van der Waals surface area (Å²) in [5.41, 5.74) is 16.2. The van der Waals surface area contributed by atoms with Crippen molar-refractivity contribution in [3.05, 3.63) is 210 Å². The molecule has 79 heavy (non-hydrogen) atoms. The van der Waals surface area contributed by atoms with Gasteiger partial charge in [-0.3, -0.25) is 0 Å². The fourth-order valence-corrected chi connectivity index (χ4v) is 12.9. The Morgan fingerprint density at radius 1 is 0.316 bits per heavy atom. The maximum Gasteiger partial charge on any atom is 0.166 e. The van der Waals surface area contributed by atoms with E-state index in [1.165, 1.54) is 64.0 Å². The molecule has 0 unspecified atom stereocenters. The minimum atomic E-state index is -0.126. The van der Waals surface area contributed by atoms with Crippen LogP contribution in [0.15, 0.2) is 188 Å². The van der Waals surface area contributed by atoms with Gasteiger partial charge in [0, 0.05) is 64.0 Å². The predicted octanol–water partition coefficient (Wildman–Crippen LogP) is 20.3. The summed E-state index contributed by atoms with van der Waals surface area (Å²) in [4.78, 5) is 17.1. The molecule has 0 atom stereocenters. The Balaban J connectivity index is 1.15. The van der Waals surface area contributed by atoms with Crippen LogP contribution in [0.4, 0.5) is 0 Å². The summed E-state index contributed by atoms with van der Waals surface area (Å²) >= 11 is 1.88. The zero-order valence-electron chi connectivity index (χ0n) is 47.5. The molecule has 13 aromatic rings. The van der Waals surface area contributed by atoms with Crippen molar-refractivity contribution in [3.63, 3.8) is 0 Å². The van der Waals surface area contributed by atoms with Crippen molar-refractivity contribution in [2.75, 3.05) is 0 Å². The zero-order chi connectivity index (χ0) is 54.9. The molecular weight excluding hydrogens is 979 g/mol. The average molecular weight is 1050 g/mol. The van der Waals surface area contributed by atoms with Gasteiger partial charge < -0.3 is 9.13 Å². The van der Waals surface area contributed by atoms with Crippen LogP contribution in [0.2, 0.25) is 0 Å². The Morgan fingerprint density at radius 3 is 1.29 bits per heavy atom. The maximum atomic E-state index is 5.75. The molecule has 5 nitrogen and oxygen atoms in total. The zero-order valence-corrected chi connectivity index (χ0v) is 48.4. The van der Waals surface area contributed by atoms with E-state index in [1.54, 1.807) is 0 Å². The molecule has 0 saturated heterocycles. The first kappa shape index (κ1) is 50.3. The standard InChI is InChI=1S/C73H67N5S/c1-70(2,3)47-37-45(38-48(42-47)71(4,5)6)67-74-68(46-39-49(72(7,8)9)43-50(40-46)73(10,11)12)76-69(75-67)57-41-44(51-23-13-18-28-58(51)77-59-29-19-14-24-52(59)53-25-15-20-30-60(53)77)33-35-62(57)78-61-31-21-16-27-56(61)65-63(78)36-34-55-54-26-17-22-32-64(54)79-66(55)65/h13-43H,1-12H3. The van der Waals surface area contributed by atoms with Gasteiger partial charge in [0.05, 0.1) is 33.4 Å². The molecule has 0 radical (unpaired) electrons. The molecule has 13 rings (SSSR count). The van der Waals surface area contributed by atoms with Gasteiger partial charge in [0.15, 0.2) is 17.5 Å². The molecule has 0 aliphatic rings. The topological polar surface area (TPSA) is 48.5 Å². The summed E-state index contributed by atoms with van der Waals surface area (Å²) in [7, 11) is 0. The molecule has 0 N–H and O–H groups in total. The van der Waals surface area contributed by atoms with E-state index in [2.05, 4.69) is 280 Å². The fourth-order valence-electron chi connectivity index (χ4n) is 11.7. The monoisotopic (exact) mass is 1050 g/mol. The number of nitrogens with zero attached hydrogens (tertiary/aromatic N) is 5. The van der Waals surface area contributed by atoms with Gasteiger partial charge in [0.2, 0.25) is 0 Å². The number of thiophene rings is 1. The lowest BCUT2D eigenvalue weighted by Gasteiger charge is -2.26. The van der Waals surface area contributed by atoms with Crippen molar-refractivity contribution < 1.29 is 0 Å². The van der Waals surface area contributed by atoms with Gasteiger partial charge in [-0.05, 0) is 122 Å². The highest BCUT2D eigenvalue weighted by atomic mass is 32.1. The predicted molar refractivity (Wildman–Crippen MR) is 338 cm³/mol. The largest absolute Gasteiger partial charge is 0.309 e. The van der Waals surface area contributed by atoms with E-state index in [0.29, 0.717) is 17.5 Å². The molecule has 390 valence electrons. The molecule has 4 heterocycles. The molecule has 0 aliphatic heterocycles. The minimum absolute atomic E-state index is 0.126. The van der Waals surface area contributed by atoms with Crippen LogP contribution in [-0.4, -0.2) is 24.1 Å². The van der Waals surface area contributed by atoms with E-state index in [9.17, 15) is 0 Å². The van der Waals surface area contributed by atoms with Gasteiger partial charge >= 0.3 is 0 Å². The first-order chi connectivity index (χ1) is 37.7. The molecule has 0 aliphatic carbocycles. The number of benzene rings is 9. The summed E-state index contributed by atoms with van der Waals surface area (Å²) in [5, 5.41) is 7.47. The molecule has 0 fully saturated rings. The van der Waals surface area contributed by atoms with Crippen molar-refractivity contribution >= 4 is 75.1 Å². The van der Waals surface area contributed by atoms with E-state index in [4.69, 9.17) is 15.0 Å². The van der Waals surface area contributed by atoms with Crippen LogP contribution in [0.1, 0.15) is 105 Å². The van der Waals surface area contributed by atoms with E-state index in [0.717, 1.165) is 61.3 Å². The third-order valence-corrected chi connectivity index (χ3v) is 17.4. The van der Waals surface area contributed by atoms with Crippen LogP contribution >= 0.6 is 11.3 Å². The Hall–Kier alpha value is -8.19. The number of rotatable bonds is 6. The van der Waals surface area contributed by atoms with Gasteiger partial charge in [-0.2, -0.15) is 0 Å². The number of aromatic nitrogens is 5. The smallest absolute Gasteiger partial charge is 0.166 e. The summed E-state index contributed by atoms with van der Waals surface area (Å²) in [5.74, 6) is 1.90. The summed E-state index contributed by atoms with van der Waals surface area (Å²) < 4.78 is 7.47. The van der Waals surface area contributed by atoms with Crippen LogP contribution in [0, 0.1) is 0 Å².